The van der Waals surface area contributed by atoms with Gasteiger partial charge in [-0.15, -0.1) is 0 Å². The van der Waals surface area contributed by atoms with E-state index in [4.69, 9.17) is 0 Å². The van der Waals surface area contributed by atoms with Gasteiger partial charge in [0.05, 0.1) is 17.7 Å². The number of hydrogen-bond donors (Lipinski definition) is 2. The van der Waals surface area contributed by atoms with Gasteiger partial charge in [0, 0.05) is 11.3 Å². The van der Waals surface area contributed by atoms with Crippen LogP contribution in [0, 0.1) is 0 Å². The molecule has 4 rings (SSSR count). The Morgan fingerprint density at radius 2 is 1.23 bits per heavy atom. The third kappa shape index (κ3) is 3.30. The second kappa shape index (κ2) is 7.38. The summed E-state index contributed by atoms with van der Waals surface area (Å²) in [5, 5.41) is 18.7. The highest BCUT2D eigenvalue weighted by Crippen LogP contribution is 2.36. The lowest BCUT2D eigenvalue weighted by Gasteiger charge is -2.22. The van der Waals surface area contributed by atoms with Crippen molar-refractivity contribution < 1.29 is 5.11 Å². The molecule has 128 valence electrons. The third-order valence-electron chi connectivity index (χ3n) is 4.62. The molecule has 0 unspecified atom stereocenters. The van der Waals surface area contributed by atoms with E-state index in [9.17, 15) is 5.11 Å². The maximum atomic E-state index is 11.1. The van der Waals surface area contributed by atoms with E-state index in [0.717, 1.165) is 28.1 Å². The number of aliphatic hydroxyl groups is 1. The van der Waals surface area contributed by atoms with Gasteiger partial charge in [0.25, 0.3) is 0 Å². The Labute approximate surface area is 153 Å². The zero-order valence-corrected chi connectivity index (χ0v) is 14.3. The number of nitrogens with one attached hydrogen (secondary N) is 1. The van der Waals surface area contributed by atoms with E-state index in [1.807, 2.05) is 97.1 Å². The topological polar surface area (TPSA) is 48.9 Å². The molecule has 2 N–H and O–H groups in total. The Morgan fingerprint density at radius 3 is 1.85 bits per heavy atom. The Kier molecular flexibility index (Phi) is 4.63. The quantitative estimate of drug-likeness (QED) is 0.540. The SMILES string of the molecule is O[C@@H](c1ccccc1)[C@H](c1ccccc1)c1cc(-c2ccccc2)n[nH]1. The van der Waals surface area contributed by atoms with Crippen molar-refractivity contribution >= 4 is 0 Å². The molecular weight excluding hydrogens is 320 g/mol. The Hall–Kier alpha value is -3.17. The number of rotatable bonds is 5. The molecule has 0 aliphatic heterocycles. The first kappa shape index (κ1) is 16.3. The van der Waals surface area contributed by atoms with Gasteiger partial charge in [0.1, 0.15) is 0 Å². The van der Waals surface area contributed by atoms with Crippen LogP contribution in [0.5, 0.6) is 0 Å². The van der Waals surface area contributed by atoms with Crippen molar-refractivity contribution in [1.82, 2.24) is 10.2 Å². The van der Waals surface area contributed by atoms with E-state index in [0.29, 0.717) is 0 Å². The zero-order valence-electron chi connectivity index (χ0n) is 14.3. The van der Waals surface area contributed by atoms with Crippen LogP contribution in [0.1, 0.15) is 28.8 Å². The summed E-state index contributed by atoms with van der Waals surface area (Å²) in [6.45, 7) is 0. The first-order valence-electron chi connectivity index (χ1n) is 8.71. The molecule has 2 atom stereocenters. The lowest BCUT2D eigenvalue weighted by molar-refractivity contribution is 0.157. The summed E-state index contributed by atoms with van der Waals surface area (Å²) < 4.78 is 0. The van der Waals surface area contributed by atoms with E-state index in [2.05, 4.69) is 10.2 Å². The monoisotopic (exact) mass is 340 g/mol. The summed E-state index contributed by atoms with van der Waals surface area (Å²) in [6.07, 6.45) is -0.664. The number of aromatic amines is 1. The van der Waals surface area contributed by atoms with Gasteiger partial charge in [-0.1, -0.05) is 91.0 Å². The minimum Gasteiger partial charge on any atom is -0.387 e. The van der Waals surface area contributed by atoms with Gasteiger partial charge in [-0.2, -0.15) is 5.10 Å². The number of aromatic nitrogens is 2. The molecule has 0 bridgehead atoms. The molecule has 4 aromatic rings. The Balaban J connectivity index is 1.76. The van der Waals surface area contributed by atoms with Gasteiger partial charge in [0.15, 0.2) is 0 Å². The zero-order chi connectivity index (χ0) is 17.8. The fourth-order valence-corrected chi connectivity index (χ4v) is 3.29. The number of nitrogens with zero attached hydrogens (tertiary/aromatic N) is 1. The second-order valence-corrected chi connectivity index (χ2v) is 6.32. The maximum absolute atomic E-state index is 11.1. The highest BCUT2D eigenvalue weighted by atomic mass is 16.3. The average molecular weight is 340 g/mol. The minimum atomic E-state index is -0.664. The van der Waals surface area contributed by atoms with Crippen LogP contribution in [0.2, 0.25) is 0 Å². The number of benzene rings is 3. The molecule has 0 aliphatic rings. The average Bonchev–Trinajstić information content (AvgIpc) is 3.20. The lowest BCUT2D eigenvalue weighted by atomic mass is 9.86. The number of hydrogen-bond acceptors (Lipinski definition) is 2. The molecule has 0 saturated carbocycles. The third-order valence-corrected chi connectivity index (χ3v) is 4.62. The highest BCUT2D eigenvalue weighted by molar-refractivity contribution is 5.59. The van der Waals surface area contributed by atoms with Crippen molar-refractivity contribution in [3.05, 3.63) is 114 Å². The summed E-state index contributed by atoms with van der Waals surface area (Å²) in [4.78, 5) is 0. The van der Waals surface area contributed by atoms with Crippen LogP contribution in [0.15, 0.2) is 97.1 Å². The largest absolute Gasteiger partial charge is 0.387 e. The van der Waals surface area contributed by atoms with Crippen molar-refractivity contribution in [2.75, 3.05) is 0 Å². The molecule has 3 aromatic carbocycles. The molecule has 26 heavy (non-hydrogen) atoms. The van der Waals surface area contributed by atoms with Crippen molar-refractivity contribution in [3.8, 4) is 11.3 Å². The van der Waals surface area contributed by atoms with Gasteiger partial charge in [0.2, 0.25) is 0 Å². The van der Waals surface area contributed by atoms with Crippen molar-refractivity contribution in [3.63, 3.8) is 0 Å². The Morgan fingerprint density at radius 1 is 0.692 bits per heavy atom. The van der Waals surface area contributed by atoms with Crippen LogP contribution in [-0.2, 0) is 0 Å². The molecule has 0 aliphatic carbocycles. The molecule has 0 spiro atoms. The molecule has 1 aromatic heterocycles. The van der Waals surface area contributed by atoms with Crippen LogP contribution >= 0.6 is 0 Å². The fraction of sp³-hybridized carbons (Fsp3) is 0.0870. The smallest absolute Gasteiger partial charge is 0.0923 e. The van der Waals surface area contributed by atoms with Crippen LogP contribution in [0.25, 0.3) is 11.3 Å². The van der Waals surface area contributed by atoms with Gasteiger partial charge in [-0.3, -0.25) is 5.10 Å². The van der Waals surface area contributed by atoms with E-state index in [1.165, 1.54) is 0 Å². The predicted octanol–water partition coefficient (Wildman–Crippen LogP) is 4.94. The van der Waals surface area contributed by atoms with Crippen molar-refractivity contribution in [2.24, 2.45) is 0 Å². The number of H-pyrrole nitrogens is 1. The molecule has 3 nitrogen and oxygen atoms in total. The Bertz CT molecular complexity index is 949. The van der Waals surface area contributed by atoms with Gasteiger partial charge < -0.3 is 5.11 Å². The second-order valence-electron chi connectivity index (χ2n) is 6.32. The predicted molar refractivity (Wildman–Crippen MR) is 104 cm³/mol. The first-order chi connectivity index (χ1) is 12.8. The summed E-state index contributed by atoms with van der Waals surface area (Å²) in [5.41, 5.74) is 4.76. The highest BCUT2D eigenvalue weighted by Gasteiger charge is 2.26. The summed E-state index contributed by atoms with van der Waals surface area (Å²) >= 11 is 0. The standard InChI is InChI=1S/C23H20N2O/c26-23(19-14-8-3-9-15-19)22(18-12-6-2-7-13-18)21-16-20(24-25-21)17-10-4-1-5-11-17/h1-16,22-23,26H,(H,24,25)/t22-,23+/m1/s1. The van der Waals surface area contributed by atoms with E-state index < -0.39 is 6.10 Å². The van der Waals surface area contributed by atoms with E-state index in [1.54, 1.807) is 0 Å². The maximum Gasteiger partial charge on any atom is 0.0923 e. The molecule has 0 amide bonds. The molecular formula is C23H20N2O. The van der Waals surface area contributed by atoms with E-state index in [-0.39, 0.29) is 5.92 Å². The molecule has 0 saturated heterocycles. The van der Waals surface area contributed by atoms with Gasteiger partial charge >= 0.3 is 0 Å². The van der Waals surface area contributed by atoms with E-state index >= 15 is 0 Å². The normalized spacial score (nSPS) is 13.3. The van der Waals surface area contributed by atoms with Crippen LogP contribution in [-0.4, -0.2) is 15.3 Å². The molecule has 1 heterocycles. The van der Waals surface area contributed by atoms with Gasteiger partial charge in [-0.25, -0.2) is 0 Å². The summed E-state index contributed by atoms with van der Waals surface area (Å²) in [7, 11) is 0. The first-order valence-corrected chi connectivity index (χ1v) is 8.71. The van der Waals surface area contributed by atoms with Crippen LogP contribution in [0.3, 0.4) is 0 Å². The summed E-state index contributed by atoms with van der Waals surface area (Å²) in [6, 6.07) is 31.9. The molecule has 0 radical (unpaired) electrons. The lowest BCUT2D eigenvalue weighted by Crippen LogP contribution is -2.13. The van der Waals surface area contributed by atoms with Gasteiger partial charge in [-0.05, 0) is 17.2 Å². The van der Waals surface area contributed by atoms with Crippen molar-refractivity contribution in [1.29, 1.82) is 0 Å². The fourth-order valence-electron chi connectivity index (χ4n) is 3.29. The molecule has 0 fully saturated rings. The number of aliphatic hydroxyl groups excluding tert-OH is 1. The van der Waals surface area contributed by atoms with Crippen LogP contribution < -0.4 is 0 Å². The van der Waals surface area contributed by atoms with Crippen molar-refractivity contribution in [2.45, 2.75) is 12.0 Å². The van der Waals surface area contributed by atoms with Crippen LogP contribution in [0.4, 0.5) is 0 Å². The minimum absolute atomic E-state index is 0.219. The molecule has 3 heteroatoms. The summed E-state index contributed by atoms with van der Waals surface area (Å²) in [5.74, 6) is -0.219.